The Hall–Kier alpha value is 0.210. The van der Waals surface area contributed by atoms with E-state index in [9.17, 15) is 0 Å². The van der Waals surface area contributed by atoms with Gasteiger partial charge in [-0.2, -0.15) is 0 Å². The van der Waals surface area contributed by atoms with Gasteiger partial charge in [0.1, 0.15) is 0 Å². The minimum Gasteiger partial charge on any atom is -0.380 e. The van der Waals surface area contributed by atoms with Crippen LogP contribution in [0.4, 0.5) is 0 Å². The Kier molecular flexibility index (Phi) is 5.49. The number of halogens is 1. The molecular weight excluding hydrogens is 126 g/mol. The molecule has 0 atom stereocenters. The van der Waals surface area contributed by atoms with Gasteiger partial charge in [0.15, 0.2) is 0 Å². The summed E-state index contributed by atoms with van der Waals surface area (Å²) in [5, 5.41) is 3.22. The van der Waals surface area contributed by atoms with Crippen LogP contribution in [0.25, 0.3) is 0 Å². The van der Waals surface area contributed by atoms with Crippen LogP contribution in [0.3, 0.4) is 0 Å². The molecule has 8 heavy (non-hydrogen) atoms. The lowest BCUT2D eigenvalue weighted by Crippen LogP contribution is -2.15. The Morgan fingerprint density at radius 1 is 1.12 bits per heavy atom. The molecule has 50 valence electrons. The molecule has 1 aliphatic heterocycles. The highest BCUT2D eigenvalue weighted by molar-refractivity contribution is 5.85. The number of hydrogen-bond donors (Lipinski definition) is 1. The van der Waals surface area contributed by atoms with E-state index in [1.54, 1.807) is 0 Å². The van der Waals surface area contributed by atoms with Crippen LogP contribution in [0.5, 0.6) is 0 Å². The number of rotatable bonds is 0. The van der Waals surface area contributed by atoms with Crippen LogP contribution in [-0.4, -0.2) is 26.3 Å². The zero-order valence-electron chi connectivity index (χ0n) is 4.85. The molecule has 1 rings (SSSR count). The van der Waals surface area contributed by atoms with Gasteiger partial charge in [-0.05, 0) is 13.0 Å². The maximum absolute atomic E-state index is 5.13. The maximum atomic E-state index is 5.13. The molecule has 0 bridgehead atoms. The summed E-state index contributed by atoms with van der Waals surface area (Å²) in [5.41, 5.74) is 0. The third-order valence-corrected chi connectivity index (χ3v) is 1.07. The predicted molar refractivity (Wildman–Crippen MR) is 35.6 cm³/mol. The van der Waals surface area contributed by atoms with Crippen molar-refractivity contribution < 1.29 is 4.74 Å². The van der Waals surface area contributed by atoms with Crippen molar-refractivity contribution in [1.82, 2.24) is 5.32 Å². The van der Waals surface area contributed by atoms with Crippen molar-refractivity contribution in [1.29, 1.82) is 0 Å². The van der Waals surface area contributed by atoms with Crippen LogP contribution in [0, 0.1) is 0 Å². The average Bonchev–Trinajstić information content (AvgIpc) is 1.90. The summed E-state index contributed by atoms with van der Waals surface area (Å²) in [6.07, 6.45) is 1.17. The highest BCUT2D eigenvalue weighted by Crippen LogP contribution is 1.83. The maximum Gasteiger partial charge on any atom is 0.0590 e. The molecular formula is C5H12ClNO. The van der Waals surface area contributed by atoms with Crippen LogP contribution in [0.15, 0.2) is 0 Å². The fraction of sp³-hybridized carbons (Fsp3) is 1.00. The van der Waals surface area contributed by atoms with E-state index in [-0.39, 0.29) is 12.4 Å². The quantitative estimate of drug-likeness (QED) is 0.523. The van der Waals surface area contributed by atoms with E-state index >= 15 is 0 Å². The van der Waals surface area contributed by atoms with E-state index in [2.05, 4.69) is 5.32 Å². The zero-order valence-corrected chi connectivity index (χ0v) is 5.67. The molecule has 0 aromatic heterocycles. The molecule has 0 radical (unpaired) electrons. The molecule has 0 unspecified atom stereocenters. The summed E-state index contributed by atoms with van der Waals surface area (Å²) in [5.74, 6) is 0. The number of nitrogens with one attached hydrogen (secondary N) is 1. The van der Waals surface area contributed by atoms with Gasteiger partial charge in [-0.3, -0.25) is 0 Å². The molecule has 1 N–H and O–H groups in total. The normalized spacial score (nSPS) is 21.0. The van der Waals surface area contributed by atoms with Crippen molar-refractivity contribution >= 4 is 12.4 Å². The van der Waals surface area contributed by atoms with Gasteiger partial charge < -0.3 is 10.1 Å². The fourth-order valence-electron chi connectivity index (χ4n) is 0.671. The highest BCUT2D eigenvalue weighted by Gasteiger charge is 1.93. The minimum atomic E-state index is 0. The van der Waals surface area contributed by atoms with E-state index in [0.717, 1.165) is 26.3 Å². The molecule has 0 aromatic carbocycles. The molecule has 2 nitrogen and oxygen atoms in total. The minimum absolute atomic E-state index is 0. The third-order valence-electron chi connectivity index (χ3n) is 1.07. The lowest BCUT2D eigenvalue weighted by atomic mass is 10.5. The first-order valence-corrected chi connectivity index (χ1v) is 2.78. The lowest BCUT2D eigenvalue weighted by Gasteiger charge is -1.91. The first kappa shape index (κ1) is 8.21. The van der Waals surface area contributed by atoms with Crippen LogP contribution >= 0.6 is 12.4 Å². The summed E-state index contributed by atoms with van der Waals surface area (Å²) in [6.45, 7) is 3.98. The molecule has 1 saturated heterocycles. The van der Waals surface area contributed by atoms with Gasteiger partial charge in [0.25, 0.3) is 0 Å². The van der Waals surface area contributed by atoms with Gasteiger partial charge in [-0.25, -0.2) is 0 Å². The largest absolute Gasteiger partial charge is 0.380 e. The van der Waals surface area contributed by atoms with Crippen LogP contribution in [0.2, 0.25) is 0 Å². The molecule has 0 amide bonds. The topological polar surface area (TPSA) is 21.3 Å². The van der Waals surface area contributed by atoms with E-state index < -0.39 is 0 Å². The molecule has 1 aliphatic rings. The summed E-state index contributed by atoms with van der Waals surface area (Å²) in [6, 6.07) is 0. The fourth-order valence-corrected chi connectivity index (χ4v) is 0.671. The van der Waals surface area contributed by atoms with E-state index in [1.165, 1.54) is 6.42 Å². The number of ether oxygens (including phenoxy) is 1. The van der Waals surface area contributed by atoms with Crippen molar-refractivity contribution in [2.75, 3.05) is 26.3 Å². The van der Waals surface area contributed by atoms with E-state index in [4.69, 9.17) is 4.74 Å². The molecule has 0 saturated carbocycles. The summed E-state index contributed by atoms with van der Waals surface area (Å²) in [4.78, 5) is 0. The second kappa shape index (κ2) is 5.35. The van der Waals surface area contributed by atoms with E-state index in [1.807, 2.05) is 0 Å². The Morgan fingerprint density at radius 3 is 2.88 bits per heavy atom. The van der Waals surface area contributed by atoms with Gasteiger partial charge in [-0.15, -0.1) is 12.4 Å². The summed E-state index contributed by atoms with van der Waals surface area (Å²) >= 11 is 0. The molecule has 0 aromatic rings. The third kappa shape index (κ3) is 3.24. The van der Waals surface area contributed by atoms with Gasteiger partial charge in [0.05, 0.1) is 6.61 Å². The van der Waals surface area contributed by atoms with Crippen LogP contribution < -0.4 is 5.32 Å². The molecule has 0 aliphatic carbocycles. The Balaban J connectivity index is 0.000000490. The van der Waals surface area contributed by atoms with Crippen molar-refractivity contribution in [3.8, 4) is 0 Å². The van der Waals surface area contributed by atoms with Gasteiger partial charge in [-0.1, -0.05) is 0 Å². The molecule has 1 fully saturated rings. The molecule has 1 heterocycles. The second-order valence-electron chi connectivity index (χ2n) is 1.72. The highest BCUT2D eigenvalue weighted by atomic mass is 35.5. The van der Waals surface area contributed by atoms with Crippen LogP contribution in [0.1, 0.15) is 6.42 Å². The lowest BCUT2D eigenvalue weighted by molar-refractivity contribution is 0.151. The molecule has 0 spiro atoms. The first-order valence-electron chi connectivity index (χ1n) is 2.78. The van der Waals surface area contributed by atoms with Crippen molar-refractivity contribution in [2.24, 2.45) is 0 Å². The van der Waals surface area contributed by atoms with Crippen LogP contribution in [-0.2, 0) is 4.74 Å². The number of hydrogen-bond acceptors (Lipinski definition) is 2. The monoisotopic (exact) mass is 137 g/mol. The Labute approximate surface area is 56.0 Å². The van der Waals surface area contributed by atoms with Crippen molar-refractivity contribution in [3.05, 3.63) is 0 Å². The summed E-state index contributed by atoms with van der Waals surface area (Å²) in [7, 11) is 0. The Morgan fingerprint density at radius 2 is 2.00 bits per heavy atom. The van der Waals surface area contributed by atoms with Crippen molar-refractivity contribution in [2.45, 2.75) is 6.42 Å². The standard InChI is InChI=1S/C5H11NO.ClH/c1-2-6-3-5-7-4-1;/h6H,1-5H2;1H. The van der Waals surface area contributed by atoms with Gasteiger partial charge in [0, 0.05) is 13.2 Å². The van der Waals surface area contributed by atoms with Gasteiger partial charge in [0.2, 0.25) is 0 Å². The SMILES string of the molecule is C1CNCCOC1.Cl. The van der Waals surface area contributed by atoms with E-state index in [0.29, 0.717) is 0 Å². The zero-order chi connectivity index (χ0) is 4.95. The predicted octanol–water partition coefficient (Wildman–Crippen LogP) is 0.418. The van der Waals surface area contributed by atoms with Gasteiger partial charge >= 0.3 is 0 Å². The van der Waals surface area contributed by atoms with Crippen molar-refractivity contribution in [3.63, 3.8) is 0 Å². The first-order chi connectivity index (χ1) is 3.50. The molecule has 3 heteroatoms. The second-order valence-corrected chi connectivity index (χ2v) is 1.72. The Bertz CT molecular complexity index is 32.0. The summed E-state index contributed by atoms with van der Waals surface area (Å²) < 4.78 is 5.13. The average molecular weight is 138 g/mol. The smallest absolute Gasteiger partial charge is 0.0590 e.